The van der Waals surface area contributed by atoms with Crippen LogP contribution in [0.3, 0.4) is 0 Å². The number of aromatic nitrogens is 4. The number of hydrogen-bond donors (Lipinski definition) is 0. The Balaban J connectivity index is 1.44. The van der Waals surface area contributed by atoms with E-state index in [1.165, 1.54) is 6.07 Å². The molecule has 30 heavy (non-hydrogen) atoms. The molecule has 11 heteroatoms. The smallest absolute Gasteiger partial charge is 0.425 e. The Hall–Kier alpha value is -2.88. The van der Waals surface area contributed by atoms with E-state index < -0.39 is 12.0 Å². The van der Waals surface area contributed by atoms with Crippen LogP contribution < -0.4 is 9.64 Å². The summed E-state index contributed by atoms with van der Waals surface area (Å²) in [6.07, 6.45) is -3.69. The van der Waals surface area contributed by atoms with Crippen molar-refractivity contribution in [2.75, 3.05) is 18.0 Å². The Morgan fingerprint density at radius 3 is 2.60 bits per heavy atom. The van der Waals surface area contributed by atoms with Crippen molar-refractivity contribution < 1.29 is 22.7 Å². The molecule has 0 bridgehead atoms. The SMILES string of the molecule is Cc1ccc(Cl)c(OC(=O)C2CCN(c3ccc4nnc(C(F)(F)F)n4n3)CC2)c1. The van der Waals surface area contributed by atoms with Gasteiger partial charge in [-0.05, 0) is 49.6 Å². The average Bonchev–Trinajstić information content (AvgIpc) is 3.14. The zero-order valence-electron chi connectivity index (χ0n) is 15.9. The molecular formula is C19H17ClF3N5O2. The maximum absolute atomic E-state index is 13.1. The van der Waals surface area contributed by atoms with Gasteiger partial charge in [0.2, 0.25) is 0 Å². The lowest BCUT2D eigenvalue weighted by atomic mass is 9.97. The van der Waals surface area contributed by atoms with Crippen LogP contribution in [-0.2, 0) is 11.0 Å². The van der Waals surface area contributed by atoms with E-state index in [0.717, 1.165) is 5.56 Å². The maximum Gasteiger partial charge on any atom is 0.453 e. The first-order chi connectivity index (χ1) is 14.2. The highest BCUT2D eigenvalue weighted by molar-refractivity contribution is 6.32. The zero-order valence-corrected chi connectivity index (χ0v) is 16.6. The molecule has 0 aliphatic carbocycles. The molecule has 0 spiro atoms. The molecule has 1 aliphatic heterocycles. The average molecular weight is 440 g/mol. The van der Waals surface area contributed by atoms with Crippen molar-refractivity contribution >= 4 is 29.0 Å². The Morgan fingerprint density at radius 2 is 1.90 bits per heavy atom. The Bertz CT molecular complexity index is 1090. The number of hydrogen-bond acceptors (Lipinski definition) is 6. The minimum Gasteiger partial charge on any atom is -0.425 e. The summed E-state index contributed by atoms with van der Waals surface area (Å²) in [6.45, 7) is 2.77. The predicted molar refractivity (Wildman–Crippen MR) is 103 cm³/mol. The number of ether oxygens (including phenoxy) is 1. The fraction of sp³-hybridized carbons (Fsp3) is 0.368. The minimum absolute atomic E-state index is 0.0135. The van der Waals surface area contributed by atoms with E-state index in [2.05, 4.69) is 15.3 Å². The van der Waals surface area contributed by atoms with Gasteiger partial charge in [0.1, 0.15) is 11.6 Å². The van der Waals surface area contributed by atoms with Crippen molar-refractivity contribution in [3.63, 3.8) is 0 Å². The molecule has 0 radical (unpaired) electrons. The van der Waals surface area contributed by atoms with E-state index in [0.29, 0.717) is 47.0 Å². The molecule has 0 N–H and O–H groups in total. The van der Waals surface area contributed by atoms with Crippen LogP contribution in [0.2, 0.25) is 5.02 Å². The molecule has 1 saturated heterocycles. The van der Waals surface area contributed by atoms with E-state index >= 15 is 0 Å². The second kappa shape index (κ2) is 7.75. The topological polar surface area (TPSA) is 72.6 Å². The summed E-state index contributed by atoms with van der Waals surface area (Å²) in [6, 6.07) is 8.22. The number of carbonyl (C=O) groups is 1. The van der Waals surface area contributed by atoms with Crippen LogP contribution in [0.5, 0.6) is 5.75 Å². The molecule has 7 nitrogen and oxygen atoms in total. The predicted octanol–water partition coefficient (Wildman–Crippen LogP) is 3.93. The monoisotopic (exact) mass is 439 g/mol. The molecule has 2 aromatic heterocycles. The van der Waals surface area contributed by atoms with Crippen molar-refractivity contribution in [2.24, 2.45) is 5.92 Å². The Kier molecular flexibility index (Phi) is 5.27. The molecule has 0 atom stereocenters. The highest BCUT2D eigenvalue weighted by atomic mass is 35.5. The lowest BCUT2D eigenvalue weighted by Gasteiger charge is -2.31. The number of piperidine rings is 1. The summed E-state index contributed by atoms with van der Waals surface area (Å²) in [4.78, 5) is 14.3. The number of rotatable bonds is 3. The second-order valence-electron chi connectivity index (χ2n) is 7.10. The summed E-state index contributed by atoms with van der Waals surface area (Å²) < 4.78 is 45.3. The van der Waals surface area contributed by atoms with E-state index in [1.807, 2.05) is 17.9 Å². The molecule has 3 aromatic rings. The van der Waals surface area contributed by atoms with E-state index in [-0.39, 0.29) is 17.5 Å². The van der Waals surface area contributed by atoms with Gasteiger partial charge < -0.3 is 9.64 Å². The zero-order chi connectivity index (χ0) is 21.5. The van der Waals surface area contributed by atoms with Gasteiger partial charge >= 0.3 is 12.1 Å². The number of aryl methyl sites for hydroxylation is 1. The molecule has 0 saturated carbocycles. The normalized spacial score (nSPS) is 15.6. The Labute approximate surface area is 174 Å². The molecule has 0 amide bonds. The highest BCUT2D eigenvalue weighted by Crippen LogP contribution is 2.30. The van der Waals surface area contributed by atoms with E-state index in [4.69, 9.17) is 16.3 Å². The summed E-state index contributed by atoms with van der Waals surface area (Å²) in [5.41, 5.74) is 0.935. The third-order valence-corrected chi connectivity index (χ3v) is 5.26. The number of halogens is 4. The molecule has 3 heterocycles. The number of alkyl halides is 3. The summed E-state index contributed by atoms with van der Waals surface area (Å²) in [7, 11) is 0. The number of carbonyl (C=O) groups excluding carboxylic acids is 1. The lowest BCUT2D eigenvalue weighted by Crippen LogP contribution is -2.38. The van der Waals surface area contributed by atoms with Crippen LogP contribution in [0.1, 0.15) is 24.2 Å². The van der Waals surface area contributed by atoms with Crippen molar-refractivity contribution in [1.82, 2.24) is 19.8 Å². The first kappa shape index (κ1) is 20.4. The number of nitrogens with zero attached hydrogens (tertiary/aromatic N) is 5. The largest absolute Gasteiger partial charge is 0.453 e. The standard InChI is InChI=1S/C19H17ClF3N5O2/c1-11-2-3-13(20)14(10-11)30-17(29)12-6-8-27(9-7-12)16-5-4-15-24-25-18(19(21,22)23)28(15)26-16/h2-5,10,12H,6-9H2,1H3. The summed E-state index contributed by atoms with van der Waals surface area (Å²) in [5, 5.41) is 11.1. The fourth-order valence-corrected chi connectivity index (χ4v) is 3.51. The molecule has 0 unspecified atom stereocenters. The first-order valence-electron chi connectivity index (χ1n) is 9.25. The molecule has 1 fully saturated rings. The molecule has 4 rings (SSSR count). The van der Waals surface area contributed by atoms with Crippen molar-refractivity contribution in [3.05, 3.63) is 46.7 Å². The summed E-state index contributed by atoms with van der Waals surface area (Å²) in [5.74, 6) is -1.19. The van der Waals surface area contributed by atoms with Gasteiger partial charge in [-0.25, -0.2) is 0 Å². The van der Waals surface area contributed by atoms with Gasteiger partial charge in [-0.15, -0.1) is 15.3 Å². The maximum atomic E-state index is 13.1. The van der Waals surface area contributed by atoms with Gasteiger partial charge in [0, 0.05) is 13.1 Å². The van der Waals surface area contributed by atoms with Gasteiger partial charge in [0.05, 0.1) is 10.9 Å². The van der Waals surface area contributed by atoms with Crippen LogP contribution in [0.4, 0.5) is 19.0 Å². The molecular weight excluding hydrogens is 423 g/mol. The third-order valence-electron chi connectivity index (χ3n) is 4.95. The van der Waals surface area contributed by atoms with Gasteiger partial charge in [0.15, 0.2) is 5.65 Å². The molecule has 158 valence electrons. The van der Waals surface area contributed by atoms with Crippen LogP contribution in [-0.4, -0.2) is 38.9 Å². The quantitative estimate of drug-likeness (QED) is 0.455. The summed E-state index contributed by atoms with van der Waals surface area (Å²) >= 11 is 6.08. The number of anilines is 1. The third kappa shape index (κ3) is 4.04. The second-order valence-corrected chi connectivity index (χ2v) is 7.51. The molecule has 1 aromatic carbocycles. The highest BCUT2D eigenvalue weighted by Gasteiger charge is 2.38. The van der Waals surface area contributed by atoms with Crippen LogP contribution in [0.15, 0.2) is 30.3 Å². The first-order valence-corrected chi connectivity index (χ1v) is 9.62. The van der Waals surface area contributed by atoms with Gasteiger partial charge in [-0.3, -0.25) is 4.79 Å². The number of esters is 1. The van der Waals surface area contributed by atoms with Crippen LogP contribution in [0.25, 0.3) is 5.65 Å². The Morgan fingerprint density at radius 1 is 1.17 bits per heavy atom. The molecule has 1 aliphatic rings. The van der Waals surface area contributed by atoms with Crippen LogP contribution in [0, 0.1) is 12.8 Å². The van der Waals surface area contributed by atoms with Gasteiger partial charge in [0.25, 0.3) is 5.82 Å². The number of benzene rings is 1. The lowest BCUT2D eigenvalue weighted by molar-refractivity contribution is -0.146. The van der Waals surface area contributed by atoms with Crippen molar-refractivity contribution in [1.29, 1.82) is 0 Å². The van der Waals surface area contributed by atoms with Gasteiger partial charge in [-0.1, -0.05) is 17.7 Å². The van der Waals surface area contributed by atoms with Crippen molar-refractivity contribution in [2.45, 2.75) is 25.9 Å². The minimum atomic E-state index is -4.65. The van der Waals surface area contributed by atoms with Gasteiger partial charge in [-0.2, -0.15) is 17.7 Å². The van der Waals surface area contributed by atoms with Crippen molar-refractivity contribution in [3.8, 4) is 5.75 Å². The van der Waals surface area contributed by atoms with E-state index in [1.54, 1.807) is 18.2 Å². The van der Waals surface area contributed by atoms with E-state index in [9.17, 15) is 18.0 Å². The number of fused-ring (bicyclic) bond motifs is 1. The van der Waals surface area contributed by atoms with Crippen LogP contribution >= 0.6 is 11.6 Å². The fourth-order valence-electron chi connectivity index (χ4n) is 3.35.